The molecule has 0 radical (unpaired) electrons. The second kappa shape index (κ2) is 7.03. The lowest BCUT2D eigenvalue weighted by Crippen LogP contribution is -2.36. The first-order valence-electron chi connectivity index (χ1n) is 8.99. The summed E-state index contributed by atoms with van der Waals surface area (Å²) in [7, 11) is 0. The van der Waals surface area contributed by atoms with Gasteiger partial charge in [0.25, 0.3) is 0 Å². The predicted octanol–water partition coefficient (Wildman–Crippen LogP) is 4.04. The molecule has 2 aliphatic carbocycles. The molecule has 0 heterocycles. The third kappa shape index (κ3) is 4.12. The van der Waals surface area contributed by atoms with Gasteiger partial charge in [0.15, 0.2) is 0 Å². The highest BCUT2D eigenvalue weighted by Gasteiger charge is 2.48. The first kappa shape index (κ1) is 17.7. The first-order chi connectivity index (χ1) is 11.8. The first-order valence-corrected chi connectivity index (χ1v) is 8.99. The van der Waals surface area contributed by atoms with E-state index in [1.54, 1.807) is 0 Å². The predicted molar refractivity (Wildman–Crippen MR) is 94.5 cm³/mol. The van der Waals surface area contributed by atoms with Crippen LogP contribution in [-0.4, -0.2) is 17.5 Å². The van der Waals surface area contributed by atoms with Crippen LogP contribution in [0.25, 0.3) is 0 Å². The molecule has 1 aromatic carbocycles. The molecule has 2 aliphatic rings. The van der Waals surface area contributed by atoms with Gasteiger partial charge >= 0.3 is 11.9 Å². The van der Waals surface area contributed by atoms with Gasteiger partial charge in [0.2, 0.25) is 0 Å². The summed E-state index contributed by atoms with van der Waals surface area (Å²) >= 11 is 0. The van der Waals surface area contributed by atoms with Gasteiger partial charge in [-0.05, 0) is 51.5 Å². The minimum absolute atomic E-state index is 0.0723. The maximum Gasteiger partial charge on any atom is 0.334 e. The molecule has 2 unspecified atom stereocenters. The Balaban J connectivity index is 1.67. The fourth-order valence-electron chi connectivity index (χ4n) is 3.89. The number of benzene rings is 1. The van der Waals surface area contributed by atoms with Gasteiger partial charge in [-0.3, -0.25) is 4.79 Å². The number of hydrogen-bond donors (Lipinski definition) is 0. The van der Waals surface area contributed by atoms with Gasteiger partial charge in [-0.25, -0.2) is 4.79 Å². The molecule has 0 spiro atoms. The van der Waals surface area contributed by atoms with E-state index < -0.39 is 5.60 Å². The third-order valence-electron chi connectivity index (χ3n) is 4.96. The Labute approximate surface area is 149 Å². The molecule has 0 saturated heterocycles. The molecule has 1 saturated carbocycles. The van der Waals surface area contributed by atoms with E-state index in [9.17, 15) is 9.59 Å². The Morgan fingerprint density at radius 1 is 1.12 bits per heavy atom. The van der Waals surface area contributed by atoms with Crippen molar-refractivity contribution < 1.29 is 19.1 Å². The Kier molecular flexibility index (Phi) is 4.98. The van der Waals surface area contributed by atoms with Crippen molar-refractivity contribution in [3.05, 3.63) is 47.5 Å². The monoisotopic (exact) mass is 342 g/mol. The van der Waals surface area contributed by atoms with Crippen LogP contribution in [0.15, 0.2) is 42.0 Å². The summed E-state index contributed by atoms with van der Waals surface area (Å²) in [5.41, 5.74) is 1.10. The molecule has 1 aromatic rings. The quantitative estimate of drug-likeness (QED) is 0.775. The van der Waals surface area contributed by atoms with Crippen molar-refractivity contribution in [2.45, 2.75) is 52.2 Å². The molecule has 134 valence electrons. The van der Waals surface area contributed by atoms with Crippen LogP contribution < -0.4 is 0 Å². The molecule has 0 aromatic heterocycles. The molecule has 0 N–H and O–H groups in total. The zero-order valence-corrected chi connectivity index (χ0v) is 15.2. The van der Waals surface area contributed by atoms with Crippen molar-refractivity contribution >= 4 is 11.9 Å². The van der Waals surface area contributed by atoms with E-state index in [1.807, 2.05) is 57.2 Å². The number of carbonyl (C=O) groups excluding carboxylic acids is 2. The van der Waals surface area contributed by atoms with Gasteiger partial charge in [0.05, 0.1) is 5.92 Å². The van der Waals surface area contributed by atoms with Crippen LogP contribution in [0.4, 0.5) is 0 Å². The zero-order chi connectivity index (χ0) is 18.0. The van der Waals surface area contributed by atoms with Crippen LogP contribution in [-0.2, 0) is 25.7 Å². The fraction of sp³-hybridized carbons (Fsp3) is 0.524. The number of rotatable bonds is 4. The normalized spacial score (nSPS) is 25.2. The summed E-state index contributed by atoms with van der Waals surface area (Å²) in [5.74, 6) is -0.491. The molecule has 1 fully saturated rings. The van der Waals surface area contributed by atoms with Crippen LogP contribution >= 0.6 is 0 Å². The van der Waals surface area contributed by atoms with E-state index in [0.717, 1.165) is 24.8 Å². The Hall–Kier alpha value is -2.10. The second-order valence-corrected chi connectivity index (χ2v) is 7.96. The van der Waals surface area contributed by atoms with Crippen LogP contribution in [0.1, 0.15) is 45.6 Å². The molecule has 0 amide bonds. The lowest BCUT2D eigenvalue weighted by Gasteiger charge is -2.31. The van der Waals surface area contributed by atoms with Gasteiger partial charge in [0, 0.05) is 11.5 Å². The van der Waals surface area contributed by atoms with E-state index in [2.05, 4.69) is 0 Å². The number of fused-ring (bicyclic) bond motifs is 2. The van der Waals surface area contributed by atoms with Crippen LogP contribution in [0.5, 0.6) is 0 Å². The molecule has 25 heavy (non-hydrogen) atoms. The second-order valence-electron chi connectivity index (χ2n) is 7.96. The molecular weight excluding hydrogens is 316 g/mol. The molecule has 3 rings (SSSR count). The van der Waals surface area contributed by atoms with Crippen molar-refractivity contribution in [1.82, 2.24) is 0 Å². The summed E-state index contributed by atoms with van der Waals surface area (Å²) in [6.45, 7) is 5.88. The number of allylic oxidation sites excluding steroid dienone is 1. The van der Waals surface area contributed by atoms with E-state index in [4.69, 9.17) is 9.47 Å². The van der Waals surface area contributed by atoms with E-state index >= 15 is 0 Å². The molecule has 0 aliphatic heterocycles. The Bertz CT molecular complexity index is 669. The highest BCUT2D eigenvalue weighted by molar-refractivity contribution is 5.91. The Morgan fingerprint density at radius 2 is 1.84 bits per heavy atom. The van der Waals surface area contributed by atoms with Crippen molar-refractivity contribution in [2.75, 3.05) is 0 Å². The highest BCUT2D eigenvalue weighted by Crippen LogP contribution is 2.48. The standard InChI is InChI=1S/C21H26O4/c1-21(2,3)25-20(23)18-15-9-11-16(18)17(12-10-15)19(22)24-13-14-7-5-4-6-8-14/h4-8,12,15-16,18H,9-11,13H2,1-3H3/t15?,16?,18-/m0/s1. The summed E-state index contributed by atoms with van der Waals surface area (Å²) in [4.78, 5) is 25.2. The molecule has 3 atom stereocenters. The lowest BCUT2D eigenvalue weighted by atomic mass is 9.78. The summed E-state index contributed by atoms with van der Waals surface area (Å²) in [5, 5.41) is 0. The number of esters is 2. The summed E-state index contributed by atoms with van der Waals surface area (Å²) < 4.78 is 11.1. The van der Waals surface area contributed by atoms with Gasteiger partial charge in [0.1, 0.15) is 12.2 Å². The maximum atomic E-state index is 12.6. The number of ether oxygens (including phenoxy) is 2. The maximum absolute atomic E-state index is 12.6. The van der Waals surface area contributed by atoms with E-state index in [-0.39, 0.29) is 36.3 Å². The summed E-state index contributed by atoms with van der Waals surface area (Å²) in [6, 6.07) is 9.63. The topological polar surface area (TPSA) is 52.6 Å². The summed E-state index contributed by atoms with van der Waals surface area (Å²) in [6.07, 6.45) is 4.52. The van der Waals surface area contributed by atoms with Gasteiger partial charge in [-0.15, -0.1) is 0 Å². The zero-order valence-electron chi connectivity index (χ0n) is 15.2. The average Bonchev–Trinajstić information content (AvgIpc) is 2.86. The van der Waals surface area contributed by atoms with Crippen LogP contribution in [0.2, 0.25) is 0 Å². The SMILES string of the molecule is CC(C)(C)OC(=O)[C@H]1C2CC=C(C(=O)OCc3ccccc3)C1CC2. The van der Waals surface area contributed by atoms with Crippen LogP contribution in [0.3, 0.4) is 0 Å². The fourth-order valence-corrected chi connectivity index (χ4v) is 3.89. The molecular formula is C21H26O4. The van der Waals surface area contributed by atoms with Crippen molar-refractivity contribution in [2.24, 2.45) is 17.8 Å². The number of hydrogen-bond acceptors (Lipinski definition) is 4. The van der Waals surface area contributed by atoms with Crippen molar-refractivity contribution in [3.63, 3.8) is 0 Å². The van der Waals surface area contributed by atoms with Crippen LogP contribution in [0, 0.1) is 17.8 Å². The average molecular weight is 342 g/mol. The smallest absolute Gasteiger partial charge is 0.334 e. The minimum Gasteiger partial charge on any atom is -0.460 e. The molecule has 2 bridgehead atoms. The highest BCUT2D eigenvalue weighted by atomic mass is 16.6. The van der Waals surface area contributed by atoms with Gasteiger partial charge < -0.3 is 9.47 Å². The lowest BCUT2D eigenvalue weighted by molar-refractivity contribution is -0.163. The van der Waals surface area contributed by atoms with Gasteiger partial charge in [-0.2, -0.15) is 0 Å². The van der Waals surface area contributed by atoms with Gasteiger partial charge in [-0.1, -0.05) is 36.4 Å². The third-order valence-corrected chi connectivity index (χ3v) is 4.96. The molecule has 4 nitrogen and oxygen atoms in total. The van der Waals surface area contributed by atoms with Crippen molar-refractivity contribution in [1.29, 1.82) is 0 Å². The largest absolute Gasteiger partial charge is 0.460 e. The van der Waals surface area contributed by atoms with Crippen molar-refractivity contribution in [3.8, 4) is 0 Å². The van der Waals surface area contributed by atoms with E-state index in [0.29, 0.717) is 5.57 Å². The molecule has 4 heteroatoms. The Morgan fingerprint density at radius 3 is 2.52 bits per heavy atom. The van der Waals surface area contributed by atoms with E-state index in [1.165, 1.54) is 0 Å². The number of carbonyl (C=O) groups is 2. The minimum atomic E-state index is -0.508.